The van der Waals surface area contributed by atoms with Crippen LogP contribution in [0, 0.1) is 10.1 Å². The first-order valence-electron chi connectivity index (χ1n) is 5.79. The Morgan fingerprint density at radius 3 is 2.35 bits per heavy atom. The van der Waals surface area contributed by atoms with Crippen LogP contribution in [0.4, 0.5) is 5.69 Å². The van der Waals surface area contributed by atoms with Gasteiger partial charge in [0.15, 0.2) is 0 Å². The van der Waals surface area contributed by atoms with Crippen LogP contribution in [-0.2, 0) is 6.42 Å². The van der Waals surface area contributed by atoms with E-state index in [-0.39, 0.29) is 11.1 Å². The van der Waals surface area contributed by atoms with Crippen LogP contribution in [0.2, 0.25) is 0 Å². The fourth-order valence-corrected chi connectivity index (χ4v) is 3.65. The molecule has 0 saturated heterocycles. The lowest BCUT2D eigenvalue weighted by molar-refractivity contribution is -0.384. The minimum Gasteiger partial charge on any atom is -0.258 e. The number of nitro groups is 1. The second-order valence-corrected chi connectivity index (χ2v) is 6.56. The molecule has 0 aliphatic carbocycles. The predicted octanol–water partition coefficient (Wildman–Crippen LogP) is 5.64. The summed E-state index contributed by atoms with van der Waals surface area (Å²) in [5.41, 5.74) is 2.04. The Labute approximate surface area is 138 Å². The van der Waals surface area contributed by atoms with Crippen LogP contribution in [0.25, 0.3) is 0 Å². The molecule has 0 saturated carbocycles. The Balaban J connectivity index is 2.14. The van der Waals surface area contributed by atoms with Crippen molar-refractivity contribution in [3.8, 4) is 0 Å². The van der Waals surface area contributed by atoms with E-state index in [9.17, 15) is 10.1 Å². The number of hydrogen-bond donors (Lipinski definition) is 0. The number of nitrogens with zero attached hydrogens (tertiary/aromatic N) is 1. The van der Waals surface area contributed by atoms with Crippen molar-refractivity contribution in [1.29, 1.82) is 0 Å². The molecule has 0 aromatic heterocycles. The number of halogens is 3. The van der Waals surface area contributed by atoms with Crippen LogP contribution in [0.1, 0.15) is 16.5 Å². The summed E-state index contributed by atoms with van der Waals surface area (Å²) in [6.07, 6.45) is 0.611. The summed E-state index contributed by atoms with van der Waals surface area (Å²) < 4.78 is 1.92. The van der Waals surface area contributed by atoms with Crippen LogP contribution < -0.4 is 0 Å². The standard InChI is InChI=1S/C14H10Br2ClNO2/c15-10-3-6-12(13(16)8-10)14(17)7-9-1-4-11(5-2-9)18(19)20/h1-6,8,14H,7H2. The second-order valence-electron chi connectivity index (χ2n) is 4.26. The third-order valence-corrected chi connectivity index (χ3v) is 4.43. The monoisotopic (exact) mass is 417 g/mol. The molecule has 1 atom stereocenters. The molecule has 0 aliphatic heterocycles. The van der Waals surface area contributed by atoms with E-state index in [1.807, 2.05) is 18.2 Å². The third kappa shape index (κ3) is 3.81. The molecule has 6 heteroatoms. The Morgan fingerprint density at radius 1 is 1.15 bits per heavy atom. The number of benzene rings is 2. The lowest BCUT2D eigenvalue weighted by Gasteiger charge is -2.12. The van der Waals surface area contributed by atoms with Gasteiger partial charge in [-0.1, -0.05) is 50.1 Å². The molecule has 0 bridgehead atoms. The second kappa shape index (κ2) is 6.70. The highest BCUT2D eigenvalue weighted by Crippen LogP contribution is 2.33. The molecule has 0 N–H and O–H groups in total. The van der Waals surface area contributed by atoms with Gasteiger partial charge in [-0.15, -0.1) is 11.6 Å². The SMILES string of the molecule is O=[N+]([O-])c1ccc(CC(Cl)c2ccc(Br)cc2Br)cc1. The molecule has 3 nitrogen and oxygen atoms in total. The van der Waals surface area contributed by atoms with Gasteiger partial charge < -0.3 is 0 Å². The number of alkyl halides is 1. The minimum atomic E-state index is -0.409. The molecule has 1 unspecified atom stereocenters. The van der Waals surface area contributed by atoms with Gasteiger partial charge in [0.05, 0.1) is 10.3 Å². The summed E-state index contributed by atoms with van der Waals surface area (Å²) in [4.78, 5) is 10.2. The molecule has 0 amide bonds. The lowest BCUT2D eigenvalue weighted by atomic mass is 10.0. The Morgan fingerprint density at radius 2 is 1.80 bits per heavy atom. The van der Waals surface area contributed by atoms with Gasteiger partial charge in [0.1, 0.15) is 0 Å². The van der Waals surface area contributed by atoms with Gasteiger partial charge in [-0.3, -0.25) is 10.1 Å². The molecule has 20 heavy (non-hydrogen) atoms. The quantitative estimate of drug-likeness (QED) is 0.366. The molecular formula is C14H10Br2ClNO2. The van der Waals surface area contributed by atoms with Gasteiger partial charge in [-0.2, -0.15) is 0 Å². The normalized spacial score (nSPS) is 12.2. The highest BCUT2D eigenvalue weighted by molar-refractivity contribution is 9.11. The third-order valence-electron chi connectivity index (χ3n) is 2.86. The van der Waals surface area contributed by atoms with Gasteiger partial charge in [0.25, 0.3) is 5.69 Å². The van der Waals surface area contributed by atoms with Crippen molar-refractivity contribution in [2.75, 3.05) is 0 Å². The van der Waals surface area contributed by atoms with Crippen molar-refractivity contribution in [1.82, 2.24) is 0 Å². The molecular weight excluding hydrogens is 409 g/mol. The fraction of sp³-hybridized carbons (Fsp3) is 0.143. The van der Waals surface area contributed by atoms with Crippen LogP contribution >= 0.6 is 43.5 Å². The van der Waals surface area contributed by atoms with Crippen LogP contribution in [0.3, 0.4) is 0 Å². The maximum absolute atomic E-state index is 10.6. The number of rotatable bonds is 4. The van der Waals surface area contributed by atoms with Crippen molar-refractivity contribution in [2.45, 2.75) is 11.8 Å². The van der Waals surface area contributed by atoms with Crippen molar-refractivity contribution in [3.05, 3.63) is 72.7 Å². The number of nitro benzene ring substituents is 1. The first-order chi connectivity index (χ1) is 9.47. The average Bonchev–Trinajstić information content (AvgIpc) is 2.39. The van der Waals surface area contributed by atoms with Gasteiger partial charge in [-0.25, -0.2) is 0 Å². The maximum Gasteiger partial charge on any atom is 0.269 e. The van der Waals surface area contributed by atoms with E-state index in [0.29, 0.717) is 6.42 Å². The molecule has 104 valence electrons. The maximum atomic E-state index is 10.6. The molecule has 0 heterocycles. The molecule has 0 fully saturated rings. The zero-order valence-electron chi connectivity index (χ0n) is 10.2. The van der Waals surface area contributed by atoms with Crippen molar-refractivity contribution in [3.63, 3.8) is 0 Å². The minimum absolute atomic E-state index is 0.0877. The zero-order valence-corrected chi connectivity index (χ0v) is 14.2. The summed E-state index contributed by atoms with van der Waals surface area (Å²) in [5, 5.41) is 10.4. The van der Waals surface area contributed by atoms with E-state index in [1.165, 1.54) is 12.1 Å². The molecule has 2 aromatic rings. The first kappa shape index (κ1) is 15.5. The smallest absolute Gasteiger partial charge is 0.258 e. The lowest BCUT2D eigenvalue weighted by Crippen LogP contribution is -1.97. The highest BCUT2D eigenvalue weighted by atomic mass is 79.9. The molecule has 0 aliphatic rings. The highest BCUT2D eigenvalue weighted by Gasteiger charge is 2.13. The average molecular weight is 420 g/mol. The van der Waals surface area contributed by atoms with E-state index in [0.717, 1.165) is 20.1 Å². The van der Waals surface area contributed by atoms with Gasteiger partial charge in [-0.05, 0) is 29.7 Å². The van der Waals surface area contributed by atoms with Gasteiger partial charge in [0, 0.05) is 21.1 Å². The van der Waals surface area contributed by atoms with E-state index in [4.69, 9.17) is 11.6 Å². The molecule has 0 radical (unpaired) electrons. The van der Waals surface area contributed by atoms with E-state index in [2.05, 4.69) is 31.9 Å². The van der Waals surface area contributed by atoms with Gasteiger partial charge in [0.2, 0.25) is 0 Å². The van der Waals surface area contributed by atoms with Crippen LogP contribution in [-0.4, -0.2) is 4.92 Å². The summed E-state index contributed by atoms with van der Waals surface area (Å²) in [7, 11) is 0. The summed E-state index contributed by atoms with van der Waals surface area (Å²) in [6.45, 7) is 0. The summed E-state index contributed by atoms with van der Waals surface area (Å²) in [5.74, 6) is 0. The predicted molar refractivity (Wildman–Crippen MR) is 87.2 cm³/mol. The van der Waals surface area contributed by atoms with Gasteiger partial charge >= 0.3 is 0 Å². The number of hydrogen-bond acceptors (Lipinski definition) is 2. The fourth-order valence-electron chi connectivity index (χ4n) is 1.83. The number of non-ortho nitro benzene ring substituents is 1. The van der Waals surface area contributed by atoms with E-state index < -0.39 is 4.92 Å². The zero-order chi connectivity index (χ0) is 14.7. The molecule has 2 aromatic carbocycles. The van der Waals surface area contributed by atoms with Crippen molar-refractivity contribution < 1.29 is 4.92 Å². The van der Waals surface area contributed by atoms with E-state index >= 15 is 0 Å². The summed E-state index contributed by atoms with van der Waals surface area (Å²) in [6, 6.07) is 12.3. The van der Waals surface area contributed by atoms with Crippen molar-refractivity contribution >= 4 is 49.1 Å². The first-order valence-corrected chi connectivity index (χ1v) is 7.82. The Hall–Kier alpha value is -0.910. The Kier molecular flexibility index (Phi) is 5.18. The topological polar surface area (TPSA) is 43.1 Å². The molecule has 2 rings (SSSR count). The summed E-state index contributed by atoms with van der Waals surface area (Å²) >= 11 is 13.3. The largest absolute Gasteiger partial charge is 0.269 e. The van der Waals surface area contributed by atoms with Crippen LogP contribution in [0.5, 0.6) is 0 Å². The van der Waals surface area contributed by atoms with E-state index in [1.54, 1.807) is 12.1 Å². The molecule has 0 spiro atoms. The van der Waals surface area contributed by atoms with Crippen LogP contribution in [0.15, 0.2) is 51.4 Å². The van der Waals surface area contributed by atoms with Crippen molar-refractivity contribution in [2.24, 2.45) is 0 Å². The Bertz CT molecular complexity index is 632.